The molecule has 0 radical (unpaired) electrons. The lowest BCUT2D eigenvalue weighted by Crippen LogP contribution is -2.14. The van der Waals surface area contributed by atoms with Gasteiger partial charge in [0.05, 0.1) is 22.1 Å². The van der Waals surface area contributed by atoms with Crippen LogP contribution in [0.1, 0.15) is 12.5 Å². The van der Waals surface area contributed by atoms with Crippen molar-refractivity contribution >= 4 is 35.2 Å². The summed E-state index contributed by atoms with van der Waals surface area (Å²) in [5.74, 6) is 1.14. The summed E-state index contributed by atoms with van der Waals surface area (Å²) in [5, 5.41) is 1.04. The van der Waals surface area contributed by atoms with Gasteiger partial charge in [-0.2, -0.15) is 0 Å². The summed E-state index contributed by atoms with van der Waals surface area (Å²) in [6, 6.07) is 11.0. The predicted octanol–water partition coefficient (Wildman–Crippen LogP) is 5.71. The average Bonchev–Trinajstić information content (AvgIpc) is 2.51. The summed E-state index contributed by atoms with van der Waals surface area (Å²) in [5.41, 5.74) is 1.80. The first-order valence-electron chi connectivity index (χ1n) is 6.98. The molecule has 0 saturated carbocycles. The van der Waals surface area contributed by atoms with Crippen LogP contribution in [0.3, 0.4) is 0 Å². The highest BCUT2D eigenvalue weighted by Gasteiger charge is 2.09. The average molecular weight is 337 g/mol. The first-order chi connectivity index (χ1) is 10.5. The van der Waals surface area contributed by atoms with Crippen molar-refractivity contribution in [2.45, 2.75) is 13.8 Å². The zero-order chi connectivity index (χ0) is 16.1. The van der Waals surface area contributed by atoms with E-state index in [9.17, 15) is 0 Å². The molecule has 116 valence electrons. The van der Waals surface area contributed by atoms with E-state index in [1.165, 1.54) is 0 Å². The number of aliphatic imine (C=N–C) groups is 1. The van der Waals surface area contributed by atoms with Crippen molar-refractivity contribution in [2.24, 2.45) is 4.99 Å². The van der Waals surface area contributed by atoms with Crippen molar-refractivity contribution in [1.82, 2.24) is 4.90 Å². The molecule has 0 heterocycles. The molecule has 5 heteroatoms. The molecule has 0 aliphatic carbocycles. The molecule has 0 saturated heterocycles. The number of aryl methyl sites for hydroxylation is 1. The molecule has 22 heavy (non-hydrogen) atoms. The van der Waals surface area contributed by atoms with Gasteiger partial charge in [0.1, 0.15) is 11.5 Å². The molecule has 0 atom stereocenters. The second-order valence-electron chi connectivity index (χ2n) is 4.92. The molecule has 2 aromatic carbocycles. The van der Waals surface area contributed by atoms with Crippen molar-refractivity contribution in [1.29, 1.82) is 0 Å². The van der Waals surface area contributed by atoms with Crippen LogP contribution < -0.4 is 4.74 Å². The molecule has 2 aromatic rings. The Morgan fingerprint density at radius 1 is 1.14 bits per heavy atom. The van der Waals surface area contributed by atoms with E-state index < -0.39 is 0 Å². The fourth-order valence-electron chi connectivity index (χ4n) is 1.75. The lowest BCUT2D eigenvalue weighted by Gasteiger charge is -2.12. The number of hydrogen-bond donors (Lipinski definition) is 0. The Kier molecular flexibility index (Phi) is 5.69. The predicted molar refractivity (Wildman–Crippen MR) is 94.2 cm³/mol. The van der Waals surface area contributed by atoms with Crippen molar-refractivity contribution in [3.05, 3.63) is 52.0 Å². The normalized spacial score (nSPS) is 11.0. The highest BCUT2D eigenvalue weighted by molar-refractivity contribution is 6.33. The molecule has 0 N–H and O–H groups in total. The van der Waals surface area contributed by atoms with Crippen LogP contribution in [0.25, 0.3) is 0 Å². The smallest absolute Gasteiger partial charge is 0.146 e. The summed E-state index contributed by atoms with van der Waals surface area (Å²) in [6.45, 7) is 4.92. The van der Waals surface area contributed by atoms with Gasteiger partial charge in [0.25, 0.3) is 0 Å². The maximum atomic E-state index is 6.30. The summed E-state index contributed by atoms with van der Waals surface area (Å²) in [4.78, 5) is 6.43. The van der Waals surface area contributed by atoms with Gasteiger partial charge in [0.15, 0.2) is 0 Å². The van der Waals surface area contributed by atoms with Gasteiger partial charge < -0.3 is 9.64 Å². The van der Waals surface area contributed by atoms with E-state index in [0.29, 0.717) is 21.5 Å². The van der Waals surface area contributed by atoms with E-state index in [0.717, 1.165) is 17.8 Å². The van der Waals surface area contributed by atoms with Crippen LogP contribution in [-0.2, 0) is 0 Å². The third-order valence-corrected chi connectivity index (χ3v) is 3.81. The lowest BCUT2D eigenvalue weighted by atomic mass is 10.2. The van der Waals surface area contributed by atoms with E-state index in [-0.39, 0.29) is 0 Å². The van der Waals surface area contributed by atoms with Gasteiger partial charge in [-0.3, -0.25) is 0 Å². The summed E-state index contributed by atoms with van der Waals surface area (Å²) < 4.78 is 5.80. The van der Waals surface area contributed by atoms with Gasteiger partial charge in [0.2, 0.25) is 0 Å². The van der Waals surface area contributed by atoms with Crippen molar-refractivity contribution in [2.75, 3.05) is 13.6 Å². The minimum Gasteiger partial charge on any atom is -0.454 e. The zero-order valence-electron chi connectivity index (χ0n) is 12.8. The standard InChI is InChI=1S/C17H18Cl2N2O/c1-4-21(3)11-20-15-10-14(19)17(9-12(15)2)22-16-8-6-5-7-13(16)18/h5-11H,4H2,1-3H3/b20-11-. The molecule has 0 amide bonds. The second kappa shape index (κ2) is 7.52. The van der Waals surface area contributed by atoms with Crippen LogP contribution in [0, 0.1) is 6.92 Å². The molecule has 0 aromatic heterocycles. The number of para-hydroxylation sites is 1. The highest BCUT2D eigenvalue weighted by atomic mass is 35.5. The highest BCUT2D eigenvalue weighted by Crippen LogP contribution is 2.37. The van der Waals surface area contributed by atoms with Crippen molar-refractivity contribution in [3.63, 3.8) is 0 Å². The number of hydrogen-bond acceptors (Lipinski definition) is 2. The maximum absolute atomic E-state index is 6.30. The molecule has 0 spiro atoms. The number of ether oxygens (including phenoxy) is 1. The van der Waals surface area contributed by atoms with Gasteiger partial charge in [-0.05, 0) is 43.7 Å². The van der Waals surface area contributed by atoms with Crippen LogP contribution in [0.5, 0.6) is 11.5 Å². The number of rotatable bonds is 5. The van der Waals surface area contributed by atoms with E-state index >= 15 is 0 Å². The fourth-order valence-corrected chi connectivity index (χ4v) is 2.12. The van der Waals surface area contributed by atoms with Crippen molar-refractivity contribution < 1.29 is 4.74 Å². The van der Waals surface area contributed by atoms with Crippen LogP contribution in [0.4, 0.5) is 5.69 Å². The Bertz CT molecular complexity index is 686. The first kappa shape index (κ1) is 16.7. The van der Waals surface area contributed by atoms with Crippen molar-refractivity contribution in [3.8, 4) is 11.5 Å². The van der Waals surface area contributed by atoms with Crippen LogP contribution in [-0.4, -0.2) is 24.8 Å². The summed E-state index contributed by atoms with van der Waals surface area (Å²) in [6.07, 6.45) is 1.78. The van der Waals surface area contributed by atoms with Gasteiger partial charge in [0, 0.05) is 13.6 Å². The molecule has 2 rings (SSSR count). The van der Waals surface area contributed by atoms with Crippen LogP contribution in [0.15, 0.2) is 41.4 Å². The Hall–Kier alpha value is -1.71. The summed E-state index contributed by atoms with van der Waals surface area (Å²) >= 11 is 12.4. The third-order valence-electron chi connectivity index (χ3n) is 3.20. The van der Waals surface area contributed by atoms with Gasteiger partial charge >= 0.3 is 0 Å². The minimum absolute atomic E-state index is 0.497. The SMILES string of the molecule is CCN(C)/C=N\c1cc(Cl)c(Oc2ccccc2Cl)cc1C. The Morgan fingerprint density at radius 2 is 1.86 bits per heavy atom. The van der Waals surface area contributed by atoms with Gasteiger partial charge in [-0.1, -0.05) is 35.3 Å². The Balaban J connectivity index is 2.27. The molecule has 0 unspecified atom stereocenters. The number of halogens is 2. The maximum Gasteiger partial charge on any atom is 0.146 e. The molecular formula is C17H18Cl2N2O. The van der Waals surface area contributed by atoms with E-state index in [2.05, 4.69) is 11.9 Å². The summed E-state index contributed by atoms with van der Waals surface area (Å²) in [7, 11) is 1.97. The Labute approximate surface area is 141 Å². The van der Waals surface area contributed by atoms with Crippen LogP contribution >= 0.6 is 23.2 Å². The van der Waals surface area contributed by atoms with Crippen LogP contribution in [0.2, 0.25) is 10.0 Å². The zero-order valence-corrected chi connectivity index (χ0v) is 14.3. The molecule has 3 nitrogen and oxygen atoms in total. The first-order valence-corrected chi connectivity index (χ1v) is 7.73. The van der Waals surface area contributed by atoms with Gasteiger partial charge in [-0.25, -0.2) is 4.99 Å². The number of nitrogens with zero attached hydrogens (tertiary/aromatic N) is 2. The Morgan fingerprint density at radius 3 is 2.55 bits per heavy atom. The van der Waals surface area contributed by atoms with Gasteiger partial charge in [-0.15, -0.1) is 0 Å². The molecule has 0 fully saturated rings. The minimum atomic E-state index is 0.497. The fraction of sp³-hybridized carbons (Fsp3) is 0.235. The van der Waals surface area contributed by atoms with E-state index in [1.54, 1.807) is 24.5 Å². The lowest BCUT2D eigenvalue weighted by molar-refractivity contribution is 0.483. The third kappa shape index (κ3) is 4.15. The monoisotopic (exact) mass is 336 g/mol. The second-order valence-corrected chi connectivity index (χ2v) is 5.73. The molecule has 0 aliphatic heterocycles. The molecule has 0 aliphatic rings. The quantitative estimate of drug-likeness (QED) is 0.516. The van der Waals surface area contributed by atoms with E-state index in [4.69, 9.17) is 27.9 Å². The number of benzene rings is 2. The molecule has 0 bridgehead atoms. The van der Waals surface area contributed by atoms with E-state index in [1.807, 2.05) is 37.1 Å². The topological polar surface area (TPSA) is 24.8 Å². The molecular weight excluding hydrogens is 319 g/mol. The largest absolute Gasteiger partial charge is 0.454 e.